The second-order valence-corrected chi connectivity index (χ2v) is 8.15. The quantitative estimate of drug-likeness (QED) is 0.307. The summed E-state index contributed by atoms with van der Waals surface area (Å²) in [5, 5.41) is 1.65. The van der Waals surface area contributed by atoms with Gasteiger partial charge in [-0.05, 0) is 72.6 Å². The first-order chi connectivity index (χ1) is 16.8. The van der Waals surface area contributed by atoms with E-state index in [2.05, 4.69) is 34.2 Å². The normalized spacial score (nSPS) is 17.9. The minimum absolute atomic E-state index is 0.0150. The summed E-state index contributed by atoms with van der Waals surface area (Å²) in [5.41, 5.74) is 5.73. The van der Waals surface area contributed by atoms with Gasteiger partial charge in [0.05, 0.1) is 5.69 Å². The molecule has 31 heavy (non-hydrogen) atoms. The molecule has 1 aliphatic carbocycles. The van der Waals surface area contributed by atoms with Gasteiger partial charge in [0.2, 0.25) is 5.71 Å². The molecule has 1 fully saturated rings. The summed E-state index contributed by atoms with van der Waals surface area (Å²) in [5.74, 6) is -0.452. The molecule has 0 radical (unpaired) electrons. The zero-order valence-corrected chi connectivity index (χ0v) is 17.1. The predicted molar refractivity (Wildman–Crippen MR) is 126 cm³/mol. The van der Waals surface area contributed by atoms with Crippen molar-refractivity contribution in [3.05, 3.63) is 84.2 Å². The van der Waals surface area contributed by atoms with Crippen molar-refractivity contribution in [2.24, 2.45) is 0 Å². The summed E-state index contributed by atoms with van der Waals surface area (Å²) in [7, 11) is 0. The highest BCUT2D eigenvalue weighted by molar-refractivity contribution is 6.08. The fourth-order valence-corrected chi connectivity index (χ4v) is 4.63. The van der Waals surface area contributed by atoms with Gasteiger partial charge in [0.1, 0.15) is 5.58 Å². The molecule has 0 N–H and O–H groups in total. The molecule has 0 bridgehead atoms. The molecule has 6 rings (SSSR count). The number of para-hydroxylation sites is 1. The number of hydrogen-bond acceptors (Lipinski definition) is 3. The second-order valence-electron chi connectivity index (χ2n) is 8.15. The Hall–Kier alpha value is -3.46. The van der Waals surface area contributed by atoms with E-state index in [4.69, 9.17) is 9.90 Å². The summed E-state index contributed by atoms with van der Waals surface area (Å²) in [6.45, 7) is -2.29. The van der Waals surface area contributed by atoms with Crippen molar-refractivity contribution in [1.29, 1.82) is 0 Å². The summed E-state index contributed by atoms with van der Waals surface area (Å²) < 4.78 is 37.8. The monoisotopic (exact) mass is 408 g/mol. The zero-order valence-electron chi connectivity index (χ0n) is 21.1. The lowest BCUT2D eigenvalue weighted by molar-refractivity contribution is 0.653. The van der Waals surface area contributed by atoms with Crippen LogP contribution in [0.1, 0.15) is 48.3 Å². The first-order valence-corrected chi connectivity index (χ1v) is 10.7. The lowest BCUT2D eigenvalue weighted by Crippen LogP contribution is -1.92. The van der Waals surface area contributed by atoms with Crippen molar-refractivity contribution in [1.82, 2.24) is 9.97 Å². The van der Waals surface area contributed by atoms with Crippen LogP contribution < -0.4 is 0 Å². The Labute approximate surface area is 187 Å². The molecule has 1 saturated carbocycles. The molecule has 0 unspecified atom stereocenters. The Morgan fingerprint density at radius 2 is 1.81 bits per heavy atom. The molecular weight excluding hydrogens is 380 g/mol. The smallest absolute Gasteiger partial charge is 0.227 e. The van der Waals surface area contributed by atoms with Crippen LogP contribution in [0.4, 0.5) is 0 Å². The van der Waals surface area contributed by atoms with E-state index in [-0.39, 0.29) is 5.69 Å². The van der Waals surface area contributed by atoms with E-state index in [1.807, 2.05) is 30.3 Å². The van der Waals surface area contributed by atoms with Gasteiger partial charge in [-0.15, -0.1) is 0 Å². The van der Waals surface area contributed by atoms with Crippen molar-refractivity contribution < 1.29 is 9.90 Å². The van der Waals surface area contributed by atoms with Crippen molar-refractivity contribution in [2.75, 3.05) is 0 Å². The number of pyridine rings is 2. The molecule has 2 aromatic carbocycles. The molecule has 0 aliphatic heterocycles. The first kappa shape index (κ1) is 14.5. The fraction of sp³-hybridized carbons (Fsp3) is 0.214. The maximum absolute atomic E-state index is 8.76. The van der Waals surface area contributed by atoms with Crippen LogP contribution in [0.25, 0.3) is 44.5 Å². The van der Waals surface area contributed by atoms with Gasteiger partial charge in [0, 0.05) is 33.7 Å². The van der Waals surface area contributed by atoms with E-state index >= 15 is 0 Å². The molecule has 3 heteroatoms. The van der Waals surface area contributed by atoms with Gasteiger partial charge in [-0.3, -0.25) is 4.98 Å². The molecule has 152 valence electrons. The fourth-order valence-electron chi connectivity index (χ4n) is 4.63. The maximum Gasteiger partial charge on any atom is 0.227 e. The highest BCUT2D eigenvalue weighted by Gasteiger charge is 2.17. The minimum atomic E-state index is -2.29. The van der Waals surface area contributed by atoms with E-state index in [0.29, 0.717) is 11.3 Å². The Morgan fingerprint density at radius 1 is 0.935 bits per heavy atom. The number of furan rings is 1. The van der Waals surface area contributed by atoms with Gasteiger partial charge >= 0.3 is 0 Å². The van der Waals surface area contributed by atoms with Crippen LogP contribution in [-0.2, 0) is 0 Å². The minimum Gasteiger partial charge on any atom is -0.437 e. The van der Waals surface area contributed by atoms with Gasteiger partial charge in [-0.1, -0.05) is 49.2 Å². The summed E-state index contributed by atoms with van der Waals surface area (Å²) in [6.07, 6.45) is 5.89. The van der Waals surface area contributed by atoms with Crippen LogP contribution in [-0.4, -0.2) is 9.97 Å². The molecule has 3 aromatic heterocycles. The molecule has 3 heterocycles. The van der Waals surface area contributed by atoms with Gasteiger partial charge in [0.25, 0.3) is 0 Å². The Balaban J connectivity index is 1.40. The van der Waals surface area contributed by atoms with E-state index in [0.717, 1.165) is 64.4 Å². The van der Waals surface area contributed by atoms with Gasteiger partial charge in [-0.2, -0.15) is 0 Å². The number of benzene rings is 2. The number of nitrogens with zero attached hydrogens (tertiary/aromatic N) is 2. The Bertz CT molecular complexity index is 1550. The van der Waals surface area contributed by atoms with E-state index < -0.39 is 12.7 Å². The largest absolute Gasteiger partial charge is 0.437 e. The number of fused-ring (bicyclic) bond motifs is 3. The van der Waals surface area contributed by atoms with Gasteiger partial charge in [0.15, 0.2) is 0 Å². The number of aryl methyl sites for hydroxylation is 1. The van der Waals surface area contributed by atoms with E-state index in [1.54, 1.807) is 12.3 Å². The number of aromatic nitrogens is 2. The predicted octanol–water partition coefficient (Wildman–Crippen LogP) is 7.68. The van der Waals surface area contributed by atoms with Crippen LogP contribution in [0.15, 0.2) is 77.3 Å². The molecule has 0 atom stereocenters. The summed E-state index contributed by atoms with van der Waals surface area (Å²) in [6, 6.07) is 21.5. The van der Waals surface area contributed by atoms with Gasteiger partial charge < -0.3 is 4.42 Å². The van der Waals surface area contributed by atoms with Crippen molar-refractivity contribution in [2.45, 2.75) is 38.4 Å². The van der Waals surface area contributed by atoms with E-state index in [9.17, 15) is 0 Å². The molecule has 1 aliphatic rings. The van der Waals surface area contributed by atoms with Crippen LogP contribution in [0, 0.1) is 6.85 Å². The van der Waals surface area contributed by atoms with E-state index in [1.165, 1.54) is 6.07 Å². The zero-order chi connectivity index (χ0) is 24.2. The lowest BCUT2D eigenvalue weighted by Gasteiger charge is -2.11. The molecule has 5 aromatic rings. The van der Waals surface area contributed by atoms with Gasteiger partial charge in [-0.25, -0.2) is 4.98 Å². The number of rotatable bonds is 3. The average molecular weight is 409 g/mol. The third kappa shape index (κ3) is 3.21. The van der Waals surface area contributed by atoms with Crippen molar-refractivity contribution >= 4 is 22.1 Å². The number of hydrogen-bond donors (Lipinski definition) is 0. The molecule has 0 spiro atoms. The van der Waals surface area contributed by atoms with Crippen LogP contribution in [0.3, 0.4) is 0 Å². The molecule has 0 amide bonds. The average Bonchev–Trinajstić information content (AvgIpc) is 3.47. The Kier molecular flexibility index (Phi) is 3.44. The molecular formula is C28H24N2O. The third-order valence-corrected chi connectivity index (χ3v) is 6.23. The maximum atomic E-state index is 8.76. The summed E-state index contributed by atoms with van der Waals surface area (Å²) in [4.78, 5) is 8.87. The summed E-state index contributed by atoms with van der Waals surface area (Å²) >= 11 is 0. The highest BCUT2D eigenvalue weighted by Crippen LogP contribution is 2.37. The topological polar surface area (TPSA) is 38.9 Å². The van der Waals surface area contributed by atoms with Crippen LogP contribution in [0.5, 0.6) is 0 Å². The van der Waals surface area contributed by atoms with Crippen molar-refractivity contribution in [3.63, 3.8) is 0 Å². The van der Waals surface area contributed by atoms with Crippen LogP contribution in [0.2, 0.25) is 0 Å². The van der Waals surface area contributed by atoms with Crippen LogP contribution >= 0.6 is 0 Å². The molecule has 0 saturated heterocycles. The highest BCUT2D eigenvalue weighted by atomic mass is 16.3. The Morgan fingerprint density at radius 3 is 2.65 bits per heavy atom. The first-order valence-electron chi connectivity index (χ1n) is 12.7. The SMILES string of the molecule is [2H]C([2H])([2H])c1ccc2c(n1)oc1c(-c3cc(-c4ccc(C5([2H])CCCC5)cc4)ccn3)cccc12. The standard InChI is InChI=1S/C28H24N2O/c1-18-9-14-24-23-7-4-8-25(27(23)31-28(24)30-18)26-17-22(15-16-29-26)21-12-10-20(11-13-21)19-5-2-3-6-19/h4,7-17,19H,2-3,5-6H2,1H3/i1D3,19D. The third-order valence-electron chi connectivity index (χ3n) is 6.23. The lowest BCUT2D eigenvalue weighted by atomic mass is 9.95. The van der Waals surface area contributed by atoms with Crippen molar-refractivity contribution in [3.8, 4) is 22.4 Å². The second kappa shape index (κ2) is 7.35. The molecule has 3 nitrogen and oxygen atoms in total.